The Morgan fingerprint density at radius 1 is 1.27 bits per heavy atom. The molecule has 1 heterocycles. The number of amides is 1. The molecule has 0 bridgehead atoms. The molecule has 0 spiro atoms. The smallest absolute Gasteiger partial charge is 0.257 e. The van der Waals surface area contributed by atoms with Crippen molar-refractivity contribution in [2.24, 2.45) is 0 Å². The van der Waals surface area contributed by atoms with Gasteiger partial charge in [-0.1, -0.05) is 12.1 Å². The Labute approximate surface area is 127 Å². The maximum Gasteiger partial charge on any atom is 0.257 e. The number of hydrogen-bond donors (Lipinski definition) is 1. The number of fused-ring (bicyclic) bond motifs is 1. The second-order valence-corrected chi connectivity index (χ2v) is 6.29. The van der Waals surface area contributed by atoms with Gasteiger partial charge in [-0.3, -0.25) is 14.2 Å². The highest BCUT2D eigenvalue weighted by Crippen LogP contribution is 2.09. The summed E-state index contributed by atoms with van der Waals surface area (Å²) in [5.74, 6) is -1.24. The third kappa shape index (κ3) is 4.59. The highest BCUT2D eigenvalue weighted by atomic mass is 32.2. The Bertz CT molecular complexity index is 806. The number of rotatable bonds is 6. The number of alkyl halides is 1. The van der Waals surface area contributed by atoms with E-state index in [2.05, 4.69) is 9.97 Å². The lowest BCUT2D eigenvalue weighted by atomic mass is 10.3. The number of halogens is 1. The zero-order valence-electron chi connectivity index (χ0n) is 11.6. The van der Waals surface area contributed by atoms with Crippen LogP contribution in [0.25, 0.3) is 17.1 Å². The van der Waals surface area contributed by atoms with E-state index in [0.717, 1.165) is 11.6 Å². The van der Waals surface area contributed by atoms with E-state index in [0.29, 0.717) is 11.2 Å². The van der Waals surface area contributed by atoms with E-state index < -0.39 is 28.4 Å². The minimum Gasteiger partial charge on any atom is -0.269 e. The molecule has 0 radical (unpaired) electrons. The summed E-state index contributed by atoms with van der Waals surface area (Å²) in [5.41, 5.74) is 1.81. The summed E-state index contributed by atoms with van der Waals surface area (Å²) < 4.78 is 36.6. The number of nitrogens with zero attached hydrogens (tertiary/aromatic N) is 2. The summed E-state index contributed by atoms with van der Waals surface area (Å²) in [5, 5.41) is 0. The van der Waals surface area contributed by atoms with E-state index in [4.69, 9.17) is 0 Å². The molecule has 0 aliphatic carbocycles. The van der Waals surface area contributed by atoms with Crippen LogP contribution < -0.4 is 4.72 Å². The lowest BCUT2D eigenvalue weighted by Crippen LogP contribution is -2.31. The van der Waals surface area contributed by atoms with Crippen molar-refractivity contribution in [3.05, 3.63) is 42.2 Å². The molecule has 1 amide bonds. The minimum absolute atomic E-state index is 0.150. The minimum atomic E-state index is -3.81. The van der Waals surface area contributed by atoms with Gasteiger partial charge in [-0.2, -0.15) is 0 Å². The first kappa shape index (κ1) is 16.0. The van der Waals surface area contributed by atoms with Crippen molar-refractivity contribution in [2.45, 2.75) is 6.42 Å². The van der Waals surface area contributed by atoms with Gasteiger partial charge < -0.3 is 0 Å². The zero-order chi connectivity index (χ0) is 16.0. The Kier molecular flexibility index (Phi) is 5.16. The van der Waals surface area contributed by atoms with E-state index in [-0.39, 0.29) is 6.42 Å². The van der Waals surface area contributed by atoms with Gasteiger partial charge >= 0.3 is 0 Å². The number of benzene rings is 1. The number of aromatic nitrogens is 2. The number of sulfonamides is 1. The van der Waals surface area contributed by atoms with E-state index >= 15 is 0 Å². The van der Waals surface area contributed by atoms with Gasteiger partial charge in [0.15, 0.2) is 0 Å². The second-order valence-electron chi connectivity index (χ2n) is 4.44. The molecule has 1 aromatic heterocycles. The van der Waals surface area contributed by atoms with Crippen molar-refractivity contribution >= 4 is 33.0 Å². The summed E-state index contributed by atoms with van der Waals surface area (Å²) in [6, 6.07) is 7.23. The Hall–Kier alpha value is -2.35. The molecule has 0 unspecified atom stereocenters. The van der Waals surface area contributed by atoms with E-state index in [1.807, 2.05) is 16.9 Å². The molecule has 0 saturated carbocycles. The van der Waals surface area contributed by atoms with Crippen LogP contribution in [0, 0.1) is 0 Å². The lowest BCUT2D eigenvalue weighted by molar-refractivity contribution is -0.114. The summed E-state index contributed by atoms with van der Waals surface area (Å²) >= 11 is 0. The van der Waals surface area contributed by atoms with E-state index in [1.165, 1.54) is 12.3 Å². The first-order chi connectivity index (χ1) is 10.5. The number of carbonyl (C=O) groups excluding carboxylic acids is 1. The van der Waals surface area contributed by atoms with Crippen LogP contribution >= 0.6 is 0 Å². The maximum absolute atomic E-state index is 12.0. The van der Waals surface area contributed by atoms with Crippen molar-refractivity contribution in [3.8, 4) is 0 Å². The third-order valence-corrected chi connectivity index (χ3v) is 4.01. The third-order valence-electron chi connectivity index (χ3n) is 2.68. The van der Waals surface area contributed by atoms with Crippen molar-refractivity contribution in [1.29, 1.82) is 0 Å². The van der Waals surface area contributed by atoms with Gasteiger partial charge in [0.05, 0.1) is 35.4 Å². The Morgan fingerprint density at radius 3 is 2.73 bits per heavy atom. The van der Waals surface area contributed by atoms with Crippen LogP contribution in [-0.2, 0) is 14.8 Å². The summed E-state index contributed by atoms with van der Waals surface area (Å²) in [6.45, 7) is -0.752. The average Bonchev–Trinajstić information content (AvgIpc) is 2.50. The highest BCUT2D eigenvalue weighted by molar-refractivity contribution is 7.90. The monoisotopic (exact) mass is 323 g/mol. The number of hydrogen-bond acceptors (Lipinski definition) is 5. The second kappa shape index (κ2) is 7.08. The molecule has 8 heteroatoms. The van der Waals surface area contributed by atoms with Gasteiger partial charge in [-0.15, -0.1) is 0 Å². The van der Waals surface area contributed by atoms with Crippen LogP contribution in [0.1, 0.15) is 12.1 Å². The van der Waals surface area contributed by atoms with Crippen molar-refractivity contribution in [1.82, 2.24) is 14.7 Å². The van der Waals surface area contributed by atoms with E-state index in [9.17, 15) is 17.6 Å². The topological polar surface area (TPSA) is 89.0 Å². The molecule has 6 nitrogen and oxygen atoms in total. The number of nitrogens with one attached hydrogen (secondary N) is 1. The van der Waals surface area contributed by atoms with Gasteiger partial charge in [0.25, 0.3) is 5.91 Å². The molecular weight excluding hydrogens is 309 g/mol. The fraction of sp³-hybridized carbons (Fsp3) is 0.214. The summed E-state index contributed by atoms with van der Waals surface area (Å²) in [6.07, 6.45) is 3.73. The van der Waals surface area contributed by atoms with Crippen molar-refractivity contribution in [3.63, 3.8) is 0 Å². The lowest BCUT2D eigenvalue weighted by Gasteiger charge is -2.02. The molecular formula is C14H14FN3O3S. The van der Waals surface area contributed by atoms with Crippen LogP contribution in [0.15, 0.2) is 36.5 Å². The SMILES string of the molecule is O=C(C=Cc1cnc2ccccc2n1)NS(=O)(=O)CCCF. The van der Waals surface area contributed by atoms with Crippen LogP contribution in [0.3, 0.4) is 0 Å². The van der Waals surface area contributed by atoms with Crippen LogP contribution in [-0.4, -0.2) is 36.7 Å². The van der Waals surface area contributed by atoms with Crippen LogP contribution in [0.2, 0.25) is 0 Å². The molecule has 2 rings (SSSR count). The predicted octanol–water partition coefficient (Wildman–Crippen LogP) is 1.45. The Balaban J connectivity index is 2.05. The molecule has 0 atom stereocenters. The van der Waals surface area contributed by atoms with Crippen LogP contribution in [0.5, 0.6) is 0 Å². The van der Waals surface area contributed by atoms with E-state index in [1.54, 1.807) is 12.1 Å². The van der Waals surface area contributed by atoms with Gasteiger partial charge in [0.2, 0.25) is 10.0 Å². The Morgan fingerprint density at radius 2 is 2.00 bits per heavy atom. The van der Waals surface area contributed by atoms with Gasteiger partial charge in [-0.25, -0.2) is 18.1 Å². The predicted molar refractivity (Wildman–Crippen MR) is 81.1 cm³/mol. The molecule has 0 fully saturated rings. The first-order valence-electron chi connectivity index (χ1n) is 6.50. The van der Waals surface area contributed by atoms with Crippen molar-refractivity contribution in [2.75, 3.05) is 12.4 Å². The largest absolute Gasteiger partial charge is 0.269 e. The molecule has 22 heavy (non-hydrogen) atoms. The highest BCUT2D eigenvalue weighted by Gasteiger charge is 2.12. The van der Waals surface area contributed by atoms with Gasteiger partial charge in [-0.05, 0) is 24.6 Å². The molecule has 1 aromatic carbocycles. The maximum atomic E-state index is 12.0. The zero-order valence-corrected chi connectivity index (χ0v) is 12.4. The molecule has 0 aliphatic rings. The standard InChI is InChI=1S/C14H14FN3O3S/c15-8-3-9-22(20,21)18-14(19)7-6-11-10-16-12-4-1-2-5-13(12)17-11/h1-2,4-7,10H,3,8-9H2,(H,18,19). The van der Waals surface area contributed by atoms with Gasteiger partial charge in [0.1, 0.15) is 0 Å². The van der Waals surface area contributed by atoms with Crippen LogP contribution in [0.4, 0.5) is 4.39 Å². The van der Waals surface area contributed by atoms with Crippen molar-refractivity contribution < 1.29 is 17.6 Å². The molecule has 1 N–H and O–H groups in total. The van der Waals surface area contributed by atoms with Gasteiger partial charge in [0, 0.05) is 6.08 Å². The first-order valence-corrected chi connectivity index (χ1v) is 8.16. The molecule has 0 saturated heterocycles. The average molecular weight is 323 g/mol. The summed E-state index contributed by atoms with van der Waals surface area (Å²) in [4.78, 5) is 20.0. The number of carbonyl (C=O) groups is 1. The number of para-hydroxylation sites is 2. The fourth-order valence-corrected chi connectivity index (χ4v) is 2.66. The fourth-order valence-electron chi connectivity index (χ4n) is 1.70. The summed E-state index contributed by atoms with van der Waals surface area (Å²) in [7, 11) is -3.81. The quantitative estimate of drug-likeness (QED) is 0.813. The molecule has 0 aliphatic heterocycles. The molecule has 2 aromatic rings. The molecule has 116 valence electrons. The normalized spacial score (nSPS) is 11.9.